The van der Waals surface area contributed by atoms with Crippen molar-refractivity contribution in [3.63, 3.8) is 0 Å². The zero-order valence-electron chi connectivity index (χ0n) is 12.7. The van der Waals surface area contributed by atoms with Crippen LogP contribution in [-0.2, 0) is 4.74 Å². The third-order valence-electron chi connectivity index (χ3n) is 4.65. The van der Waals surface area contributed by atoms with E-state index in [4.69, 9.17) is 16.3 Å². The van der Waals surface area contributed by atoms with Gasteiger partial charge in [0.2, 0.25) is 0 Å². The molecule has 0 aliphatic heterocycles. The maximum Gasteiger partial charge on any atom is 0.0949 e. The number of hydrogen-bond acceptors (Lipinski definition) is 2. The Morgan fingerprint density at radius 1 is 1.14 bits per heavy atom. The van der Waals surface area contributed by atoms with Gasteiger partial charge in [0.25, 0.3) is 0 Å². The van der Waals surface area contributed by atoms with Crippen LogP contribution < -0.4 is 5.32 Å². The zero-order chi connectivity index (χ0) is 14.5. The van der Waals surface area contributed by atoms with Gasteiger partial charge in [-0.25, -0.2) is 0 Å². The second-order valence-corrected chi connectivity index (χ2v) is 7.00. The number of nitrogens with one attached hydrogen (secondary N) is 1. The predicted molar refractivity (Wildman–Crippen MR) is 87.7 cm³/mol. The fourth-order valence-electron chi connectivity index (χ4n) is 3.15. The van der Waals surface area contributed by atoms with Crippen LogP contribution in [0.5, 0.6) is 0 Å². The molecule has 3 heteroatoms. The summed E-state index contributed by atoms with van der Waals surface area (Å²) in [5.41, 5.74) is 1.20. The first-order valence-corrected chi connectivity index (χ1v) is 8.79. The van der Waals surface area contributed by atoms with Crippen molar-refractivity contribution in [3.05, 3.63) is 34.9 Å². The molecule has 1 unspecified atom stereocenters. The smallest absolute Gasteiger partial charge is 0.0949 e. The predicted octanol–water partition coefficient (Wildman–Crippen LogP) is 4.73. The molecule has 0 aromatic heterocycles. The maximum atomic E-state index is 6.28. The standard InChI is InChI=1S/C18H26ClNO/c19-16-8-4-7-15(11-16)18(12-20-17-9-10-17)21-13-14-5-2-1-3-6-14/h4,7-8,11,14,17-18,20H,1-3,5-6,9-10,12-13H2. The van der Waals surface area contributed by atoms with Crippen LogP contribution in [0.2, 0.25) is 5.02 Å². The van der Waals surface area contributed by atoms with Crippen LogP contribution in [0.3, 0.4) is 0 Å². The fourth-order valence-corrected chi connectivity index (χ4v) is 3.35. The summed E-state index contributed by atoms with van der Waals surface area (Å²) in [5.74, 6) is 0.751. The lowest BCUT2D eigenvalue weighted by Crippen LogP contribution is -2.27. The molecule has 0 bridgehead atoms. The molecule has 2 aliphatic carbocycles. The lowest BCUT2D eigenvalue weighted by Gasteiger charge is -2.25. The van der Waals surface area contributed by atoms with Gasteiger partial charge in [0.05, 0.1) is 12.7 Å². The van der Waals surface area contributed by atoms with Crippen molar-refractivity contribution < 1.29 is 4.74 Å². The van der Waals surface area contributed by atoms with E-state index in [0.29, 0.717) is 6.04 Å². The Kier molecular flexibility index (Phi) is 5.56. The SMILES string of the molecule is Clc1cccc(C(CNC2CC2)OCC2CCCCC2)c1. The van der Waals surface area contributed by atoms with E-state index >= 15 is 0 Å². The first-order chi connectivity index (χ1) is 10.3. The first-order valence-electron chi connectivity index (χ1n) is 8.42. The van der Waals surface area contributed by atoms with Gasteiger partial charge in [-0.2, -0.15) is 0 Å². The summed E-state index contributed by atoms with van der Waals surface area (Å²) in [6.07, 6.45) is 9.56. The van der Waals surface area contributed by atoms with E-state index in [1.165, 1.54) is 50.5 Å². The Bertz CT molecular complexity index is 441. The Hall–Kier alpha value is -0.570. The van der Waals surface area contributed by atoms with Crippen molar-refractivity contribution in [2.75, 3.05) is 13.2 Å². The zero-order valence-corrected chi connectivity index (χ0v) is 13.4. The van der Waals surface area contributed by atoms with Crippen molar-refractivity contribution in [3.8, 4) is 0 Å². The molecular formula is C18H26ClNO. The molecule has 2 aliphatic rings. The van der Waals surface area contributed by atoms with E-state index in [-0.39, 0.29) is 6.10 Å². The van der Waals surface area contributed by atoms with Crippen LogP contribution in [-0.4, -0.2) is 19.2 Å². The fraction of sp³-hybridized carbons (Fsp3) is 0.667. The second-order valence-electron chi connectivity index (χ2n) is 6.56. The Morgan fingerprint density at radius 2 is 1.95 bits per heavy atom. The summed E-state index contributed by atoms with van der Waals surface area (Å²) >= 11 is 6.14. The van der Waals surface area contributed by atoms with Gasteiger partial charge in [-0.3, -0.25) is 0 Å². The van der Waals surface area contributed by atoms with Gasteiger partial charge in [-0.05, 0) is 49.3 Å². The number of halogens is 1. The highest BCUT2D eigenvalue weighted by Crippen LogP contribution is 2.28. The minimum atomic E-state index is 0.131. The third kappa shape index (κ3) is 4.98. The molecule has 3 rings (SSSR count). The van der Waals surface area contributed by atoms with E-state index in [9.17, 15) is 0 Å². The van der Waals surface area contributed by atoms with E-state index in [1.807, 2.05) is 18.2 Å². The summed E-state index contributed by atoms with van der Waals surface area (Å²) in [5, 5.41) is 4.39. The molecule has 2 nitrogen and oxygen atoms in total. The first kappa shape index (κ1) is 15.3. The molecule has 0 radical (unpaired) electrons. The number of rotatable bonds is 7. The molecule has 116 valence electrons. The van der Waals surface area contributed by atoms with Gasteiger partial charge in [0.15, 0.2) is 0 Å². The van der Waals surface area contributed by atoms with Crippen LogP contribution in [0.15, 0.2) is 24.3 Å². The summed E-state index contributed by atoms with van der Waals surface area (Å²) in [4.78, 5) is 0. The molecule has 2 saturated carbocycles. The van der Waals surface area contributed by atoms with E-state index < -0.39 is 0 Å². The molecule has 1 N–H and O–H groups in total. The van der Waals surface area contributed by atoms with Crippen molar-refractivity contribution in [2.45, 2.75) is 57.1 Å². The lowest BCUT2D eigenvalue weighted by atomic mass is 9.90. The van der Waals surface area contributed by atoms with Gasteiger partial charge >= 0.3 is 0 Å². The highest BCUT2D eigenvalue weighted by molar-refractivity contribution is 6.30. The number of benzene rings is 1. The molecule has 0 spiro atoms. The van der Waals surface area contributed by atoms with Crippen molar-refractivity contribution in [2.24, 2.45) is 5.92 Å². The van der Waals surface area contributed by atoms with Gasteiger partial charge in [-0.15, -0.1) is 0 Å². The van der Waals surface area contributed by atoms with Crippen molar-refractivity contribution >= 4 is 11.6 Å². The molecule has 21 heavy (non-hydrogen) atoms. The second kappa shape index (κ2) is 7.62. The van der Waals surface area contributed by atoms with Gasteiger partial charge in [0, 0.05) is 17.6 Å². The summed E-state index contributed by atoms with van der Waals surface area (Å²) in [7, 11) is 0. The van der Waals surface area contributed by atoms with E-state index in [1.54, 1.807) is 0 Å². The molecule has 1 aromatic rings. The van der Waals surface area contributed by atoms with Gasteiger partial charge in [0.1, 0.15) is 0 Å². The van der Waals surface area contributed by atoms with Crippen molar-refractivity contribution in [1.82, 2.24) is 5.32 Å². The average molecular weight is 308 g/mol. The summed E-state index contributed by atoms with van der Waals surface area (Å²) in [6.45, 7) is 1.79. The third-order valence-corrected chi connectivity index (χ3v) is 4.88. The normalized spacial score (nSPS) is 21.4. The largest absolute Gasteiger partial charge is 0.372 e. The highest BCUT2D eigenvalue weighted by atomic mass is 35.5. The molecule has 0 saturated heterocycles. The summed E-state index contributed by atoms with van der Waals surface area (Å²) < 4.78 is 6.28. The van der Waals surface area contributed by atoms with E-state index in [2.05, 4.69) is 11.4 Å². The van der Waals surface area contributed by atoms with Crippen LogP contribution in [0.4, 0.5) is 0 Å². The van der Waals surface area contributed by atoms with Gasteiger partial charge in [-0.1, -0.05) is 43.0 Å². The monoisotopic (exact) mass is 307 g/mol. The minimum absolute atomic E-state index is 0.131. The Labute approximate surface area is 133 Å². The minimum Gasteiger partial charge on any atom is -0.372 e. The Balaban J connectivity index is 1.57. The molecular weight excluding hydrogens is 282 g/mol. The average Bonchev–Trinajstić information content (AvgIpc) is 3.32. The molecule has 1 aromatic carbocycles. The molecule has 2 fully saturated rings. The van der Waals surface area contributed by atoms with Crippen molar-refractivity contribution in [1.29, 1.82) is 0 Å². The topological polar surface area (TPSA) is 21.3 Å². The van der Waals surface area contributed by atoms with E-state index in [0.717, 1.165) is 24.1 Å². The molecule has 0 amide bonds. The van der Waals surface area contributed by atoms with Crippen LogP contribution in [0.1, 0.15) is 56.6 Å². The van der Waals surface area contributed by atoms with Gasteiger partial charge < -0.3 is 10.1 Å². The maximum absolute atomic E-state index is 6.28. The van der Waals surface area contributed by atoms with Crippen LogP contribution >= 0.6 is 11.6 Å². The quantitative estimate of drug-likeness (QED) is 0.786. The summed E-state index contributed by atoms with van der Waals surface area (Å²) in [6, 6.07) is 8.83. The number of hydrogen-bond donors (Lipinski definition) is 1. The highest BCUT2D eigenvalue weighted by Gasteiger charge is 2.24. The molecule has 0 heterocycles. The lowest BCUT2D eigenvalue weighted by molar-refractivity contribution is 0.0197. The van der Waals surface area contributed by atoms with Crippen LogP contribution in [0.25, 0.3) is 0 Å². The number of ether oxygens (including phenoxy) is 1. The molecule has 1 atom stereocenters. The Morgan fingerprint density at radius 3 is 2.67 bits per heavy atom. The van der Waals surface area contributed by atoms with Crippen LogP contribution in [0, 0.1) is 5.92 Å².